The van der Waals surface area contributed by atoms with Gasteiger partial charge in [0.15, 0.2) is 11.9 Å². The number of ether oxygens (including phenoxy) is 1. The predicted octanol–water partition coefficient (Wildman–Crippen LogP) is -0.291. The zero-order valence-electron chi connectivity index (χ0n) is 16.8. The lowest BCUT2D eigenvalue weighted by atomic mass is 10.0. The number of aliphatic hydroxyl groups is 2. The lowest BCUT2D eigenvalue weighted by Gasteiger charge is -2.24. The summed E-state index contributed by atoms with van der Waals surface area (Å²) >= 11 is 0. The van der Waals surface area contributed by atoms with E-state index < -0.39 is 43.0 Å². The van der Waals surface area contributed by atoms with Crippen LogP contribution < -0.4 is 16.8 Å². The van der Waals surface area contributed by atoms with E-state index >= 15 is 0 Å². The number of rotatable bonds is 7. The van der Waals surface area contributed by atoms with E-state index in [1.165, 1.54) is 12.5 Å². The number of imidazole rings is 1. The largest absolute Gasteiger partial charge is 0.397 e. The molecule has 2 unspecified atom stereocenters. The first-order valence-electron chi connectivity index (χ1n) is 10.1. The predicted molar refractivity (Wildman–Crippen MR) is 114 cm³/mol. The van der Waals surface area contributed by atoms with Gasteiger partial charge in [0.05, 0.1) is 24.7 Å². The van der Waals surface area contributed by atoms with E-state index in [4.69, 9.17) is 16.2 Å². The van der Waals surface area contributed by atoms with E-state index in [2.05, 4.69) is 15.3 Å². The number of amides is 1. The van der Waals surface area contributed by atoms with Crippen molar-refractivity contribution in [2.24, 2.45) is 5.73 Å². The van der Waals surface area contributed by atoms with E-state index in [0.29, 0.717) is 29.7 Å². The summed E-state index contributed by atoms with van der Waals surface area (Å²) in [6.45, 7) is -0.410. The van der Waals surface area contributed by atoms with Crippen molar-refractivity contribution in [3.8, 4) is 0 Å². The molecule has 10 heteroatoms. The van der Waals surface area contributed by atoms with Crippen molar-refractivity contribution >= 4 is 22.8 Å². The summed E-state index contributed by atoms with van der Waals surface area (Å²) in [6.07, 6.45) is 1.26. The fourth-order valence-corrected chi connectivity index (χ4v) is 3.80. The minimum Gasteiger partial charge on any atom is -0.397 e. The maximum Gasteiger partial charge on any atom is 0.237 e. The number of nitrogens with two attached hydrogens (primary N) is 2. The Morgan fingerprint density at radius 2 is 2.03 bits per heavy atom. The Morgan fingerprint density at radius 3 is 2.77 bits per heavy atom. The molecule has 1 amide bonds. The highest BCUT2D eigenvalue weighted by molar-refractivity contribution is 5.84. The number of carbonyl (C=O) groups is 1. The Kier molecular flexibility index (Phi) is 6.14. The van der Waals surface area contributed by atoms with Gasteiger partial charge in [-0.25, -0.2) is 9.97 Å². The van der Waals surface area contributed by atoms with Crippen LogP contribution >= 0.6 is 0 Å². The van der Waals surface area contributed by atoms with Crippen molar-refractivity contribution in [3.63, 3.8) is 0 Å². The number of nitrogens with zero attached hydrogens (tertiary/aromatic N) is 3. The Labute approximate surface area is 178 Å². The molecule has 164 valence electrons. The summed E-state index contributed by atoms with van der Waals surface area (Å²) < 4.78 is 7.41. The lowest BCUT2D eigenvalue weighted by Crippen LogP contribution is -2.52. The number of aliphatic hydroxyl groups excluding tert-OH is 2. The van der Waals surface area contributed by atoms with Gasteiger partial charge in [-0.15, -0.1) is 0 Å². The number of aromatic nitrogens is 3. The van der Waals surface area contributed by atoms with Gasteiger partial charge in [0, 0.05) is 6.20 Å². The van der Waals surface area contributed by atoms with Crippen LogP contribution in [0.3, 0.4) is 0 Å². The topological polar surface area (TPSA) is 162 Å². The zero-order valence-corrected chi connectivity index (χ0v) is 16.8. The molecule has 0 bridgehead atoms. The van der Waals surface area contributed by atoms with Crippen LogP contribution in [-0.4, -0.2) is 61.6 Å². The molecule has 5 atom stereocenters. The van der Waals surface area contributed by atoms with E-state index in [1.807, 2.05) is 30.3 Å². The summed E-state index contributed by atoms with van der Waals surface area (Å²) in [6, 6.07) is 9.76. The maximum atomic E-state index is 12.8. The number of fused-ring (bicyclic) bond motifs is 1. The van der Waals surface area contributed by atoms with Crippen LogP contribution in [0.4, 0.5) is 5.69 Å². The average molecular weight is 426 g/mol. The van der Waals surface area contributed by atoms with Gasteiger partial charge in [0.2, 0.25) is 5.91 Å². The molecule has 31 heavy (non-hydrogen) atoms. The summed E-state index contributed by atoms with van der Waals surface area (Å²) in [5.41, 5.74) is 14.5. The molecular weight excluding hydrogens is 400 g/mol. The molecule has 1 aromatic carbocycles. The van der Waals surface area contributed by atoms with Crippen molar-refractivity contribution in [2.75, 3.05) is 12.3 Å². The number of aryl methyl sites for hydroxylation is 1. The third-order valence-corrected chi connectivity index (χ3v) is 5.55. The number of benzene rings is 1. The normalized spacial score (nSPS) is 24.4. The molecule has 1 fully saturated rings. The van der Waals surface area contributed by atoms with Gasteiger partial charge in [-0.2, -0.15) is 0 Å². The molecule has 0 spiro atoms. The number of hydrogen-bond acceptors (Lipinski definition) is 8. The Balaban J connectivity index is 1.51. The highest BCUT2D eigenvalue weighted by atomic mass is 16.5. The van der Waals surface area contributed by atoms with Crippen molar-refractivity contribution in [1.29, 1.82) is 0 Å². The SMILES string of the molecule is Nc1ccnc2c1ncn2[C@@H]1O[C@H](CO)C(O)[C@@H]1NC(=O)C(N)CCc1ccccc1. The van der Waals surface area contributed by atoms with Crippen molar-refractivity contribution in [1.82, 2.24) is 19.9 Å². The number of nitrogens with one attached hydrogen (secondary N) is 1. The van der Waals surface area contributed by atoms with E-state index in [9.17, 15) is 15.0 Å². The second kappa shape index (κ2) is 8.98. The van der Waals surface area contributed by atoms with Gasteiger partial charge in [-0.05, 0) is 24.5 Å². The molecule has 4 rings (SSSR count). The number of pyridine rings is 1. The second-order valence-electron chi connectivity index (χ2n) is 7.63. The highest BCUT2D eigenvalue weighted by Crippen LogP contribution is 2.32. The molecule has 1 aliphatic rings. The average Bonchev–Trinajstić information content (AvgIpc) is 3.35. The Hall–Kier alpha value is -3.05. The highest BCUT2D eigenvalue weighted by Gasteiger charge is 2.46. The fourth-order valence-electron chi connectivity index (χ4n) is 3.80. The number of nitrogen functional groups attached to an aromatic ring is 1. The Bertz CT molecular complexity index is 1040. The van der Waals surface area contributed by atoms with Crippen LogP contribution in [0.2, 0.25) is 0 Å². The van der Waals surface area contributed by atoms with Crippen LogP contribution in [0, 0.1) is 0 Å². The minimum atomic E-state index is -1.14. The maximum absolute atomic E-state index is 12.8. The summed E-state index contributed by atoms with van der Waals surface area (Å²) in [4.78, 5) is 21.3. The third kappa shape index (κ3) is 4.23. The quantitative estimate of drug-likeness (QED) is 0.344. The first-order chi connectivity index (χ1) is 15.0. The minimum absolute atomic E-state index is 0.410. The van der Waals surface area contributed by atoms with Gasteiger partial charge in [-0.1, -0.05) is 30.3 Å². The molecule has 7 N–H and O–H groups in total. The molecule has 1 saturated heterocycles. The smallest absolute Gasteiger partial charge is 0.237 e. The molecule has 0 radical (unpaired) electrons. The molecule has 3 aromatic rings. The van der Waals surface area contributed by atoms with E-state index in [0.717, 1.165) is 5.56 Å². The standard InChI is InChI=1S/C21H26N6O4/c22-13-8-9-24-19-16(13)25-11-27(19)21-17(18(29)15(10-28)31-21)26-20(30)14(23)7-6-12-4-2-1-3-5-12/h1-5,8-9,11,14-15,17-18,21,28-29H,6-7,10,23H2,(H2,22,24)(H,26,30)/t14?,15-,17+,18?,21-/m1/s1. The third-order valence-electron chi connectivity index (χ3n) is 5.55. The van der Waals surface area contributed by atoms with Crippen LogP contribution in [0.5, 0.6) is 0 Å². The molecular formula is C21H26N6O4. The van der Waals surface area contributed by atoms with E-state index in [-0.39, 0.29) is 0 Å². The van der Waals surface area contributed by atoms with Gasteiger partial charge < -0.3 is 31.7 Å². The Morgan fingerprint density at radius 1 is 1.26 bits per heavy atom. The van der Waals surface area contributed by atoms with Gasteiger partial charge in [-0.3, -0.25) is 9.36 Å². The van der Waals surface area contributed by atoms with Crippen LogP contribution in [0.25, 0.3) is 11.2 Å². The monoisotopic (exact) mass is 426 g/mol. The fraction of sp³-hybridized carbons (Fsp3) is 0.381. The summed E-state index contributed by atoms with van der Waals surface area (Å²) in [7, 11) is 0. The number of carbonyl (C=O) groups excluding carboxylic acids is 1. The molecule has 0 saturated carbocycles. The van der Waals surface area contributed by atoms with Crippen LogP contribution in [0.15, 0.2) is 48.9 Å². The molecule has 0 aliphatic carbocycles. The van der Waals surface area contributed by atoms with Crippen LogP contribution in [-0.2, 0) is 16.0 Å². The van der Waals surface area contributed by atoms with E-state index in [1.54, 1.807) is 10.6 Å². The lowest BCUT2D eigenvalue weighted by molar-refractivity contribution is -0.124. The molecule has 2 aromatic heterocycles. The molecule has 3 heterocycles. The molecule has 1 aliphatic heterocycles. The second-order valence-corrected chi connectivity index (χ2v) is 7.63. The van der Waals surface area contributed by atoms with Crippen molar-refractivity contribution < 1.29 is 19.7 Å². The first kappa shape index (κ1) is 21.2. The number of hydrogen-bond donors (Lipinski definition) is 5. The van der Waals surface area contributed by atoms with Crippen molar-refractivity contribution in [3.05, 3.63) is 54.5 Å². The van der Waals surface area contributed by atoms with Crippen LogP contribution in [0.1, 0.15) is 18.2 Å². The summed E-state index contributed by atoms with van der Waals surface area (Å²) in [5, 5.41) is 23.1. The zero-order chi connectivity index (χ0) is 22.0. The first-order valence-corrected chi connectivity index (χ1v) is 10.1. The van der Waals surface area contributed by atoms with Gasteiger partial charge in [0.25, 0.3) is 0 Å². The summed E-state index contributed by atoms with van der Waals surface area (Å²) in [5.74, 6) is -0.413. The number of anilines is 1. The molecule has 10 nitrogen and oxygen atoms in total. The van der Waals surface area contributed by atoms with Gasteiger partial charge in [0.1, 0.15) is 23.8 Å². The van der Waals surface area contributed by atoms with Gasteiger partial charge >= 0.3 is 0 Å². The van der Waals surface area contributed by atoms with Crippen molar-refractivity contribution in [2.45, 2.75) is 43.4 Å².